The van der Waals surface area contributed by atoms with Gasteiger partial charge >= 0.3 is 0 Å². The summed E-state index contributed by atoms with van der Waals surface area (Å²) >= 11 is 8.13. The second-order valence-corrected chi connectivity index (χ2v) is 9.30. The quantitative estimate of drug-likeness (QED) is 0.644. The third kappa shape index (κ3) is 4.04. The van der Waals surface area contributed by atoms with Gasteiger partial charge in [-0.1, -0.05) is 29.8 Å². The molecular formula is C23H25ClN4OS. The van der Waals surface area contributed by atoms with Gasteiger partial charge in [0, 0.05) is 55.2 Å². The Morgan fingerprint density at radius 1 is 1.10 bits per heavy atom. The number of nitrogens with zero attached hydrogens (tertiary/aromatic N) is 3. The minimum Gasteiger partial charge on any atom is -0.353 e. The molecule has 30 heavy (non-hydrogen) atoms. The molecule has 1 fully saturated rings. The lowest BCUT2D eigenvalue weighted by molar-refractivity contribution is -0.116. The zero-order valence-corrected chi connectivity index (χ0v) is 18.4. The number of benzene rings is 2. The summed E-state index contributed by atoms with van der Waals surface area (Å²) in [5, 5.41) is 5.00. The van der Waals surface area contributed by atoms with Crippen molar-refractivity contribution in [3.63, 3.8) is 0 Å². The molecule has 5 rings (SSSR count). The van der Waals surface area contributed by atoms with Gasteiger partial charge in [-0.05, 0) is 60.1 Å². The molecule has 1 N–H and O–H groups in total. The van der Waals surface area contributed by atoms with Gasteiger partial charge in [0.05, 0.1) is 4.70 Å². The molecule has 0 aliphatic carbocycles. The summed E-state index contributed by atoms with van der Waals surface area (Å²) in [7, 11) is 0. The summed E-state index contributed by atoms with van der Waals surface area (Å²) in [4.78, 5) is 16.7. The summed E-state index contributed by atoms with van der Waals surface area (Å²) < 4.78 is 5.96. The van der Waals surface area contributed by atoms with Gasteiger partial charge < -0.3 is 10.2 Å². The molecule has 0 bridgehead atoms. The average Bonchev–Trinajstić information content (AvgIpc) is 3.10. The van der Waals surface area contributed by atoms with Crippen LogP contribution in [-0.2, 0) is 17.6 Å². The molecule has 2 aromatic carbocycles. The van der Waals surface area contributed by atoms with Gasteiger partial charge in [-0.15, -0.1) is 0 Å². The standard InChI is InChI=1S/C23H25ClN4OS/c24-19-15-20-17(4-3-7-22(29)25-20)14-16(19)8-9-27-10-12-28(13-11-27)23-18-5-1-2-6-21(18)30-26-23/h1-2,5-6,14-15H,3-4,7-13H2,(H,25,29). The number of rotatable bonds is 4. The number of carbonyl (C=O) groups excluding carboxylic acids is 1. The number of fused-ring (bicyclic) bond motifs is 2. The van der Waals surface area contributed by atoms with Crippen molar-refractivity contribution in [2.45, 2.75) is 25.7 Å². The lowest BCUT2D eigenvalue weighted by atomic mass is 10.0. The van der Waals surface area contributed by atoms with Gasteiger partial charge in [0.2, 0.25) is 5.91 Å². The Bertz CT molecular complexity index is 1070. The second-order valence-electron chi connectivity index (χ2n) is 8.08. The first-order valence-electron chi connectivity index (χ1n) is 10.6. The van der Waals surface area contributed by atoms with Crippen LogP contribution in [0.5, 0.6) is 0 Å². The number of anilines is 2. The number of nitrogens with one attached hydrogen (secondary N) is 1. The van der Waals surface area contributed by atoms with Crippen LogP contribution in [0, 0.1) is 0 Å². The largest absolute Gasteiger partial charge is 0.353 e. The van der Waals surface area contributed by atoms with Crippen molar-refractivity contribution in [1.82, 2.24) is 9.27 Å². The molecular weight excluding hydrogens is 416 g/mol. The fraction of sp³-hybridized carbons (Fsp3) is 0.391. The van der Waals surface area contributed by atoms with Crippen LogP contribution in [0.2, 0.25) is 5.02 Å². The van der Waals surface area contributed by atoms with Crippen LogP contribution in [-0.4, -0.2) is 47.9 Å². The predicted molar refractivity (Wildman–Crippen MR) is 125 cm³/mol. The number of halogens is 1. The van der Waals surface area contributed by atoms with E-state index in [-0.39, 0.29) is 5.91 Å². The molecule has 0 spiro atoms. The third-order valence-electron chi connectivity index (χ3n) is 6.12. The molecule has 5 nitrogen and oxygen atoms in total. The first kappa shape index (κ1) is 19.8. The monoisotopic (exact) mass is 440 g/mol. The Labute approximate surface area is 185 Å². The zero-order valence-electron chi connectivity index (χ0n) is 16.9. The van der Waals surface area contributed by atoms with E-state index in [0.717, 1.165) is 68.5 Å². The molecule has 2 aliphatic heterocycles. The van der Waals surface area contributed by atoms with Crippen molar-refractivity contribution in [3.8, 4) is 0 Å². The van der Waals surface area contributed by atoms with E-state index in [0.29, 0.717) is 6.42 Å². The molecule has 1 saturated heterocycles. The van der Waals surface area contributed by atoms with Crippen LogP contribution in [0.25, 0.3) is 10.1 Å². The van der Waals surface area contributed by atoms with Crippen LogP contribution < -0.4 is 10.2 Å². The normalized spacial score (nSPS) is 17.6. The molecule has 0 unspecified atom stereocenters. The van der Waals surface area contributed by atoms with Crippen LogP contribution in [0.3, 0.4) is 0 Å². The van der Waals surface area contributed by atoms with E-state index in [1.807, 2.05) is 6.07 Å². The molecule has 0 atom stereocenters. The highest BCUT2D eigenvalue weighted by Gasteiger charge is 2.21. The lowest BCUT2D eigenvalue weighted by Gasteiger charge is -2.35. The van der Waals surface area contributed by atoms with Gasteiger partial charge in [0.25, 0.3) is 0 Å². The van der Waals surface area contributed by atoms with E-state index >= 15 is 0 Å². The maximum absolute atomic E-state index is 11.8. The number of hydrogen-bond donors (Lipinski definition) is 1. The molecule has 0 radical (unpaired) electrons. The SMILES string of the molecule is O=C1CCCc2cc(CCN3CCN(c4nsc5ccccc45)CC3)c(Cl)cc2N1. The summed E-state index contributed by atoms with van der Waals surface area (Å²) in [6.45, 7) is 5.06. The van der Waals surface area contributed by atoms with Crippen LogP contribution in [0.1, 0.15) is 24.0 Å². The molecule has 1 aromatic heterocycles. The van der Waals surface area contributed by atoms with E-state index in [4.69, 9.17) is 16.0 Å². The number of aryl methyl sites for hydroxylation is 1. The van der Waals surface area contributed by atoms with Crippen LogP contribution in [0.4, 0.5) is 11.5 Å². The summed E-state index contributed by atoms with van der Waals surface area (Å²) in [5.41, 5.74) is 3.27. The van der Waals surface area contributed by atoms with Crippen molar-refractivity contribution < 1.29 is 4.79 Å². The Hall–Kier alpha value is -2.15. The highest BCUT2D eigenvalue weighted by Crippen LogP contribution is 2.31. The number of carbonyl (C=O) groups is 1. The van der Waals surface area contributed by atoms with Crippen molar-refractivity contribution in [2.75, 3.05) is 42.9 Å². The molecule has 3 aromatic rings. The Morgan fingerprint density at radius 3 is 2.80 bits per heavy atom. The second kappa shape index (κ2) is 8.53. The zero-order chi connectivity index (χ0) is 20.5. The maximum atomic E-state index is 11.8. The number of piperazine rings is 1. The van der Waals surface area contributed by atoms with Crippen molar-refractivity contribution in [2.24, 2.45) is 0 Å². The highest BCUT2D eigenvalue weighted by molar-refractivity contribution is 7.13. The topological polar surface area (TPSA) is 48.5 Å². The van der Waals surface area contributed by atoms with Gasteiger partial charge in [-0.3, -0.25) is 9.69 Å². The molecule has 156 valence electrons. The van der Waals surface area contributed by atoms with E-state index in [1.165, 1.54) is 21.2 Å². The average molecular weight is 441 g/mol. The highest BCUT2D eigenvalue weighted by atomic mass is 35.5. The molecule has 7 heteroatoms. The Kier molecular flexibility index (Phi) is 5.63. The Morgan fingerprint density at radius 2 is 1.93 bits per heavy atom. The molecule has 3 heterocycles. The fourth-order valence-electron chi connectivity index (χ4n) is 4.40. The van der Waals surface area contributed by atoms with Crippen molar-refractivity contribution in [3.05, 3.63) is 52.5 Å². The summed E-state index contributed by atoms with van der Waals surface area (Å²) in [6.07, 6.45) is 3.34. The van der Waals surface area contributed by atoms with E-state index in [2.05, 4.69) is 45.4 Å². The number of aromatic nitrogens is 1. The van der Waals surface area contributed by atoms with Gasteiger partial charge in [0.15, 0.2) is 0 Å². The summed E-state index contributed by atoms with van der Waals surface area (Å²) in [6, 6.07) is 12.6. The minimum absolute atomic E-state index is 0.0864. The first-order valence-corrected chi connectivity index (χ1v) is 11.8. The van der Waals surface area contributed by atoms with E-state index < -0.39 is 0 Å². The maximum Gasteiger partial charge on any atom is 0.224 e. The summed E-state index contributed by atoms with van der Waals surface area (Å²) in [5.74, 6) is 1.22. The third-order valence-corrected chi connectivity index (χ3v) is 7.29. The molecule has 1 amide bonds. The molecule has 0 saturated carbocycles. The van der Waals surface area contributed by atoms with Crippen LogP contribution in [0.15, 0.2) is 36.4 Å². The van der Waals surface area contributed by atoms with E-state index in [9.17, 15) is 4.79 Å². The predicted octanol–water partition coefficient (Wildman–Crippen LogP) is 4.59. The van der Waals surface area contributed by atoms with Crippen LogP contribution >= 0.6 is 23.1 Å². The van der Waals surface area contributed by atoms with Gasteiger partial charge in [-0.25, -0.2) is 0 Å². The van der Waals surface area contributed by atoms with Crippen molar-refractivity contribution in [1.29, 1.82) is 0 Å². The molecule has 2 aliphatic rings. The minimum atomic E-state index is 0.0864. The first-order chi connectivity index (χ1) is 14.7. The van der Waals surface area contributed by atoms with Gasteiger partial charge in [0.1, 0.15) is 5.82 Å². The lowest BCUT2D eigenvalue weighted by Crippen LogP contribution is -2.47. The van der Waals surface area contributed by atoms with Crippen molar-refractivity contribution >= 4 is 50.6 Å². The Balaban J connectivity index is 1.20. The smallest absolute Gasteiger partial charge is 0.224 e. The number of hydrogen-bond acceptors (Lipinski definition) is 5. The van der Waals surface area contributed by atoms with Gasteiger partial charge in [-0.2, -0.15) is 4.37 Å². The number of amides is 1. The van der Waals surface area contributed by atoms with E-state index in [1.54, 1.807) is 11.5 Å². The fourth-order valence-corrected chi connectivity index (χ4v) is 5.45.